The molecule has 0 amide bonds. The molecule has 0 bridgehead atoms. The first-order valence-electron chi connectivity index (χ1n) is 9.99. The van der Waals surface area contributed by atoms with Crippen LogP contribution >= 0.6 is 11.6 Å². The Bertz CT molecular complexity index is 1440. The summed E-state index contributed by atoms with van der Waals surface area (Å²) in [5.41, 5.74) is 1.02. The highest BCUT2D eigenvalue weighted by Gasteiger charge is 2.20. The zero-order chi connectivity index (χ0) is 24.3. The van der Waals surface area contributed by atoms with Gasteiger partial charge in [0, 0.05) is 28.4 Å². The van der Waals surface area contributed by atoms with Crippen LogP contribution in [0.5, 0.6) is 28.7 Å². The van der Waals surface area contributed by atoms with Gasteiger partial charge in [-0.2, -0.15) is 0 Å². The normalized spacial score (nSPS) is 11.2. The van der Waals surface area contributed by atoms with E-state index >= 15 is 0 Å². The first-order chi connectivity index (χ1) is 16.3. The number of ether oxygens (including phenoxy) is 4. The van der Waals surface area contributed by atoms with Gasteiger partial charge in [0.05, 0.1) is 26.8 Å². The fraction of sp³-hybridized carbons (Fsp3) is 0.125. The van der Waals surface area contributed by atoms with Gasteiger partial charge >= 0.3 is 0 Å². The van der Waals surface area contributed by atoms with Crippen LogP contribution < -0.4 is 23.7 Å². The number of hydrogen-bond donors (Lipinski definition) is 1. The predicted octanol–water partition coefficient (Wildman–Crippen LogP) is 5.51. The van der Waals surface area contributed by atoms with E-state index in [0.29, 0.717) is 34.2 Å². The summed E-state index contributed by atoms with van der Waals surface area (Å²) in [6, 6.07) is 16.2. The van der Waals surface area contributed by atoms with Crippen LogP contribution in [0.3, 0.4) is 0 Å². The van der Waals surface area contributed by atoms with Gasteiger partial charge in [0.15, 0.2) is 11.5 Å². The Morgan fingerprint density at radius 3 is 2.15 bits per heavy atom. The summed E-state index contributed by atoms with van der Waals surface area (Å²) in [5, 5.41) is 1.02. The zero-order valence-electron chi connectivity index (χ0n) is 18.5. The molecular weight excluding hydrogens is 480 g/mol. The lowest BCUT2D eigenvalue weighted by atomic mass is 10.2. The van der Waals surface area contributed by atoms with Gasteiger partial charge in [-0.25, -0.2) is 8.42 Å². The van der Waals surface area contributed by atoms with Crippen molar-refractivity contribution in [1.29, 1.82) is 0 Å². The molecule has 176 valence electrons. The fourth-order valence-corrected chi connectivity index (χ4v) is 4.82. The smallest absolute Gasteiger partial charge is 0.265 e. The molecule has 0 aliphatic heterocycles. The van der Waals surface area contributed by atoms with E-state index in [4.69, 9.17) is 30.5 Å². The lowest BCUT2D eigenvalue weighted by Crippen LogP contribution is -2.14. The van der Waals surface area contributed by atoms with Gasteiger partial charge in [-0.1, -0.05) is 11.6 Å². The highest BCUT2D eigenvalue weighted by Crippen LogP contribution is 2.37. The third-order valence-corrected chi connectivity index (χ3v) is 6.59. The van der Waals surface area contributed by atoms with Crippen molar-refractivity contribution in [2.45, 2.75) is 4.90 Å². The number of pyridine rings is 1. The minimum Gasteiger partial charge on any atom is -0.495 e. The number of methoxy groups -OCH3 is 3. The average molecular weight is 501 g/mol. The number of aromatic nitrogens is 1. The van der Waals surface area contributed by atoms with Crippen LogP contribution in [0.15, 0.2) is 71.8 Å². The van der Waals surface area contributed by atoms with Crippen molar-refractivity contribution in [2.24, 2.45) is 0 Å². The van der Waals surface area contributed by atoms with Gasteiger partial charge in [0.2, 0.25) is 0 Å². The molecule has 0 saturated carbocycles. The second-order valence-corrected chi connectivity index (χ2v) is 9.15. The van der Waals surface area contributed by atoms with E-state index < -0.39 is 10.0 Å². The molecule has 34 heavy (non-hydrogen) atoms. The molecule has 0 radical (unpaired) electrons. The maximum absolute atomic E-state index is 12.9. The highest BCUT2D eigenvalue weighted by molar-refractivity contribution is 7.92. The van der Waals surface area contributed by atoms with Gasteiger partial charge < -0.3 is 18.9 Å². The van der Waals surface area contributed by atoms with Crippen molar-refractivity contribution in [3.05, 3.63) is 71.9 Å². The Balaban J connectivity index is 1.58. The van der Waals surface area contributed by atoms with Crippen LogP contribution in [-0.4, -0.2) is 34.7 Å². The third-order valence-electron chi connectivity index (χ3n) is 4.96. The molecule has 10 heteroatoms. The molecule has 1 aromatic heterocycles. The fourth-order valence-electron chi connectivity index (χ4n) is 3.33. The average Bonchev–Trinajstić information content (AvgIpc) is 2.84. The minimum atomic E-state index is -3.93. The first-order valence-corrected chi connectivity index (χ1v) is 11.9. The Morgan fingerprint density at radius 2 is 1.47 bits per heavy atom. The van der Waals surface area contributed by atoms with Crippen molar-refractivity contribution in [1.82, 2.24) is 4.98 Å². The minimum absolute atomic E-state index is 0.0598. The molecule has 0 aliphatic carbocycles. The van der Waals surface area contributed by atoms with Crippen molar-refractivity contribution >= 4 is 38.2 Å². The van der Waals surface area contributed by atoms with Crippen LogP contribution in [0.4, 0.5) is 5.69 Å². The van der Waals surface area contributed by atoms with E-state index in [9.17, 15) is 8.42 Å². The number of sulfonamides is 1. The predicted molar refractivity (Wildman–Crippen MR) is 130 cm³/mol. The Labute approximate surface area is 202 Å². The van der Waals surface area contributed by atoms with Gasteiger partial charge in [0.1, 0.15) is 22.1 Å². The molecule has 0 atom stereocenters. The molecule has 8 nitrogen and oxygen atoms in total. The Kier molecular flexibility index (Phi) is 6.67. The maximum Gasteiger partial charge on any atom is 0.265 e. The number of halogens is 1. The summed E-state index contributed by atoms with van der Waals surface area (Å²) in [4.78, 5) is 4.30. The quantitative estimate of drug-likeness (QED) is 0.341. The van der Waals surface area contributed by atoms with Crippen LogP contribution in [0.25, 0.3) is 10.9 Å². The van der Waals surface area contributed by atoms with Crippen molar-refractivity contribution < 1.29 is 27.4 Å². The van der Waals surface area contributed by atoms with E-state index in [2.05, 4.69) is 9.71 Å². The Hall–Kier alpha value is -3.69. The van der Waals surface area contributed by atoms with Gasteiger partial charge in [-0.05, 0) is 54.6 Å². The van der Waals surface area contributed by atoms with Crippen LogP contribution in [0.2, 0.25) is 5.02 Å². The van der Waals surface area contributed by atoms with E-state index in [1.54, 1.807) is 68.9 Å². The first kappa shape index (κ1) is 23.5. The van der Waals surface area contributed by atoms with Crippen molar-refractivity contribution in [3.8, 4) is 28.7 Å². The number of nitrogens with one attached hydrogen (secondary N) is 1. The van der Waals surface area contributed by atoms with Gasteiger partial charge in [-0.3, -0.25) is 9.71 Å². The van der Waals surface area contributed by atoms with Gasteiger partial charge in [-0.15, -0.1) is 0 Å². The van der Waals surface area contributed by atoms with Crippen LogP contribution in [-0.2, 0) is 10.0 Å². The molecule has 0 spiro atoms. The summed E-state index contributed by atoms with van der Waals surface area (Å²) < 4.78 is 50.1. The Morgan fingerprint density at radius 1 is 0.794 bits per heavy atom. The summed E-state index contributed by atoms with van der Waals surface area (Å²) in [5.74, 6) is 2.36. The van der Waals surface area contributed by atoms with Crippen LogP contribution in [0.1, 0.15) is 0 Å². The zero-order valence-corrected chi connectivity index (χ0v) is 20.1. The molecule has 0 saturated heterocycles. The number of anilines is 1. The summed E-state index contributed by atoms with van der Waals surface area (Å²) in [7, 11) is 0.577. The number of fused-ring (bicyclic) bond motifs is 1. The van der Waals surface area contributed by atoms with Gasteiger partial charge in [0.25, 0.3) is 10.0 Å². The largest absolute Gasteiger partial charge is 0.495 e. The molecule has 4 rings (SSSR count). The molecule has 0 aliphatic rings. The second kappa shape index (κ2) is 9.66. The molecular formula is C24H21ClN2O6S. The number of benzene rings is 3. The number of rotatable bonds is 8. The van der Waals surface area contributed by atoms with E-state index in [-0.39, 0.29) is 15.7 Å². The van der Waals surface area contributed by atoms with Crippen molar-refractivity contribution in [2.75, 3.05) is 26.1 Å². The maximum atomic E-state index is 12.9. The lowest BCUT2D eigenvalue weighted by molar-refractivity contribution is 0.355. The number of hydrogen-bond acceptors (Lipinski definition) is 7. The SMILES string of the molecule is COc1cc2nccc(Oc3ccc(NS(=O)(=O)c4cc(Cl)ccc4OC)cc3)c2cc1OC. The molecule has 0 fully saturated rings. The van der Waals surface area contributed by atoms with Crippen molar-refractivity contribution in [3.63, 3.8) is 0 Å². The third kappa shape index (κ3) is 4.80. The van der Waals surface area contributed by atoms with E-state index in [1.807, 2.05) is 0 Å². The molecule has 4 aromatic rings. The number of nitrogens with zero attached hydrogens (tertiary/aromatic N) is 1. The lowest BCUT2D eigenvalue weighted by Gasteiger charge is -2.14. The van der Waals surface area contributed by atoms with E-state index in [1.165, 1.54) is 19.2 Å². The molecule has 0 unspecified atom stereocenters. The standard InChI is InChI=1S/C24H21ClN2O6S/c1-30-21-9-4-15(25)12-24(21)34(28,29)27-16-5-7-17(8-6-16)33-20-10-11-26-19-14-23(32-3)22(31-2)13-18(19)20/h4-14,27H,1-3H3. The van der Waals surface area contributed by atoms with E-state index in [0.717, 1.165) is 5.39 Å². The topological polar surface area (TPSA) is 96.0 Å². The highest BCUT2D eigenvalue weighted by atomic mass is 35.5. The summed E-state index contributed by atoms with van der Waals surface area (Å²) in [6.45, 7) is 0. The van der Waals surface area contributed by atoms with Crippen LogP contribution in [0, 0.1) is 0 Å². The second-order valence-electron chi connectivity index (χ2n) is 7.06. The summed E-state index contributed by atoms with van der Waals surface area (Å²) in [6.07, 6.45) is 1.63. The molecule has 1 heterocycles. The molecule has 1 N–H and O–H groups in total. The summed E-state index contributed by atoms with van der Waals surface area (Å²) >= 11 is 5.97. The molecule has 3 aromatic carbocycles. The monoisotopic (exact) mass is 500 g/mol.